The van der Waals surface area contributed by atoms with Gasteiger partial charge in [0.2, 0.25) is 0 Å². The summed E-state index contributed by atoms with van der Waals surface area (Å²) in [4.78, 5) is 0. The maximum atomic E-state index is 12.1. The van der Waals surface area contributed by atoms with Gasteiger partial charge in [0, 0.05) is 9.13 Å². The van der Waals surface area contributed by atoms with Crippen LogP contribution in [0.4, 0.5) is 8.78 Å². The normalized spacial score (nSPS) is 10.5. The van der Waals surface area contributed by atoms with Gasteiger partial charge in [0.15, 0.2) is 0 Å². The van der Waals surface area contributed by atoms with Gasteiger partial charge in [-0.1, -0.05) is 0 Å². The molecule has 0 saturated carbocycles. The quantitative estimate of drug-likeness (QED) is 0.778. The molecule has 1 aromatic carbocycles. The van der Waals surface area contributed by atoms with Crippen molar-refractivity contribution >= 4 is 22.6 Å². The third-order valence-electron chi connectivity index (χ3n) is 1.22. The van der Waals surface area contributed by atoms with Gasteiger partial charge in [-0.05, 0) is 40.8 Å². The number of phenolic OH excluding ortho intramolecular Hbond substituents is 1. The first kappa shape index (κ1) is 8.70. The van der Waals surface area contributed by atoms with Crippen molar-refractivity contribution in [1.29, 1.82) is 0 Å². The van der Waals surface area contributed by atoms with Gasteiger partial charge in [-0.15, -0.1) is 0 Å². The van der Waals surface area contributed by atoms with Crippen molar-refractivity contribution in [2.24, 2.45) is 0 Å². The van der Waals surface area contributed by atoms with E-state index < -0.39 is 6.43 Å². The molecular formula is C7H5F2IO. The molecule has 0 spiro atoms. The molecule has 0 atom stereocenters. The summed E-state index contributed by atoms with van der Waals surface area (Å²) in [6.45, 7) is 0. The minimum absolute atomic E-state index is 0.0128. The first-order valence-corrected chi connectivity index (χ1v) is 3.95. The molecule has 0 aliphatic carbocycles. The van der Waals surface area contributed by atoms with E-state index >= 15 is 0 Å². The SMILES string of the molecule is Oc1ccc(C(F)F)c(I)c1. The summed E-state index contributed by atoms with van der Waals surface area (Å²) in [6, 6.07) is 3.79. The molecule has 4 heteroatoms. The highest BCUT2D eigenvalue weighted by Gasteiger charge is 2.10. The Bertz CT molecular complexity index is 263. The Balaban J connectivity index is 3.09. The molecule has 0 fully saturated rings. The molecule has 0 radical (unpaired) electrons. The monoisotopic (exact) mass is 270 g/mol. The number of alkyl halides is 2. The van der Waals surface area contributed by atoms with Crippen molar-refractivity contribution in [3.8, 4) is 5.75 Å². The lowest BCUT2D eigenvalue weighted by molar-refractivity contribution is 0.150. The van der Waals surface area contributed by atoms with Gasteiger partial charge >= 0.3 is 0 Å². The zero-order valence-corrected chi connectivity index (χ0v) is 7.55. The van der Waals surface area contributed by atoms with Gasteiger partial charge in [0.05, 0.1) is 0 Å². The van der Waals surface area contributed by atoms with Crippen LogP contribution in [0, 0.1) is 3.57 Å². The van der Waals surface area contributed by atoms with Crippen molar-refractivity contribution in [3.63, 3.8) is 0 Å². The fourth-order valence-electron chi connectivity index (χ4n) is 0.693. The van der Waals surface area contributed by atoms with Crippen molar-refractivity contribution in [2.45, 2.75) is 6.43 Å². The summed E-state index contributed by atoms with van der Waals surface area (Å²) in [6.07, 6.45) is -2.47. The highest BCUT2D eigenvalue weighted by molar-refractivity contribution is 14.1. The molecule has 0 saturated heterocycles. The van der Waals surface area contributed by atoms with Crippen LogP contribution >= 0.6 is 22.6 Å². The van der Waals surface area contributed by atoms with E-state index in [9.17, 15) is 8.78 Å². The minimum atomic E-state index is -2.47. The molecule has 11 heavy (non-hydrogen) atoms. The number of hydrogen-bond acceptors (Lipinski definition) is 1. The van der Waals surface area contributed by atoms with Gasteiger partial charge < -0.3 is 5.11 Å². The van der Waals surface area contributed by atoms with Crippen LogP contribution < -0.4 is 0 Å². The maximum absolute atomic E-state index is 12.1. The summed E-state index contributed by atoms with van der Waals surface area (Å²) < 4.78 is 24.5. The number of hydrogen-bond donors (Lipinski definition) is 1. The summed E-state index contributed by atoms with van der Waals surface area (Å²) in [5.74, 6) is 0.0128. The molecule has 1 rings (SSSR count). The largest absolute Gasteiger partial charge is 0.508 e. The molecule has 0 unspecified atom stereocenters. The Morgan fingerprint density at radius 3 is 2.45 bits per heavy atom. The van der Waals surface area contributed by atoms with E-state index in [1.54, 1.807) is 22.6 Å². The molecule has 60 valence electrons. The van der Waals surface area contributed by atoms with Crippen LogP contribution in [0.3, 0.4) is 0 Å². The van der Waals surface area contributed by atoms with Gasteiger partial charge in [-0.3, -0.25) is 0 Å². The molecule has 0 amide bonds. The number of benzene rings is 1. The second kappa shape index (κ2) is 3.34. The lowest BCUT2D eigenvalue weighted by Crippen LogP contribution is -1.87. The average molecular weight is 270 g/mol. The summed E-state index contributed by atoms with van der Waals surface area (Å²) in [5, 5.41) is 8.87. The maximum Gasteiger partial charge on any atom is 0.264 e. The van der Waals surface area contributed by atoms with Crippen molar-refractivity contribution < 1.29 is 13.9 Å². The van der Waals surface area contributed by atoms with E-state index in [4.69, 9.17) is 5.11 Å². The lowest BCUT2D eigenvalue weighted by atomic mass is 10.2. The second-order valence-electron chi connectivity index (χ2n) is 2.01. The van der Waals surface area contributed by atoms with Crippen LogP contribution in [0.15, 0.2) is 18.2 Å². The van der Waals surface area contributed by atoms with Crippen molar-refractivity contribution in [2.75, 3.05) is 0 Å². The topological polar surface area (TPSA) is 20.2 Å². The smallest absolute Gasteiger partial charge is 0.264 e. The minimum Gasteiger partial charge on any atom is -0.508 e. The highest BCUT2D eigenvalue weighted by atomic mass is 127. The average Bonchev–Trinajstić information content (AvgIpc) is 1.85. The molecule has 0 aromatic heterocycles. The zero-order chi connectivity index (χ0) is 8.43. The van der Waals surface area contributed by atoms with E-state index in [-0.39, 0.29) is 11.3 Å². The van der Waals surface area contributed by atoms with Crippen molar-refractivity contribution in [1.82, 2.24) is 0 Å². The van der Waals surface area contributed by atoms with Crippen LogP contribution in [-0.2, 0) is 0 Å². The summed E-state index contributed by atoms with van der Waals surface area (Å²) in [5.41, 5.74) is -0.0385. The zero-order valence-electron chi connectivity index (χ0n) is 5.39. The van der Waals surface area contributed by atoms with Crippen LogP contribution in [0.1, 0.15) is 12.0 Å². The predicted octanol–water partition coefficient (Wildman–Crippen LogP) is 2.93. The Kier molecular flexibility index (Phi) is 2.64. The predicted molar refractivity (Wildman–Crippen MR) is 45.8 cm³/mol. The Morgan fingerprint density at radius 1 is 1.36 bits per heavy atom. The summed E-state index contributed by atoms with van der Waals surface area (Å²) >= 11 is 1.76. The molecule has 0 aliphatic heterocycles. The fraction of sp³-hybridized carbons (Fsp3) is 0.143. The molecule has 0 bridgehead atoms. The highest BCUT2D eigenvalue weighted by Crippen LogP contribution is 2.26. The van der Waals surface area contributed by atoms with E-state index in [1.165, 1.54) is 18.2 Å². The number of phenols is 1. The van der Waals surface area contributed by atoms with Crippen LogP contribution in [0.25, 0.3) is 0 Å². The van der Waals surface area contributed by atoms with Gasteiger partial charge in [-0.2, -0.15) is 0 Å². The first-order valence-electron chi connectivity index (χ1n) is 2.88. The number of aromatic hydroxyl groups is 1. The molecule has 0 aliphatic rings. The summed E-state index contributed by atoms with van der Waals surface area (Å²) in [7, 11) is 0. The van der Waals surface area contributed by atoms with Gasteiger partial charge in [0.25, 0.3) is 6.43 Å². The molecule has 1 aromatic rings. The molecule has 1 N–H and O–H groups in total. The van der Waals surface area contributed by atoms with Crippen LogP contribution in [0.5, 0.6) is 5.75 Å². The standard InChI is InChI=1S/C7H5F2IO/c8-7(9)5-2-1-4(11)3-6(5)10/h1-3,7,11H. The molecule has 1 nitrogen and oxygen atoms in total. The third kappa shape index (κ3) is 2.02. The van der Waals surface area contributed by atoms with E-state index in [0.29, 0.717) is 3.57 Å². The molecule has 0 heterocycles. The third-order valence-corrected chi connectivity index (χ3v) is 2.15. The second-order valence-corrected chi connectivity index (χ2v) is 3.17. The Morgan fingerprint density at radius 2 is 2.00 bits per heavy atom. The fourth-order valence-corrected chi connectivity index (χ4v) is 1.43. The van der Waals surface area contributed by atoms with Gasteiger partial charge in [-0.25, -0.2) is 8.78 Å². The van der Waals surface area contributed by atoms with Crippen molar-refractivity contribution in [3.05, 3.63) is 27.3 Å². The van der Waals surface area contributed by atoms with E-state index in [2.05, 4.69) is 0 Å². The van der Waals surface area contributed by atoms with Crippen LogP contribution in [-0.4, -0.2) is 5.11 Å². The van der Waals surface area contributed by atoms with Gasteiger partial charge in [0.1, 0.15) is 5.75 Å². The molecular weight excluding hydrogens is 265 g/mol. The lowest BCUT2D eigenvalue weighted by Gasteiger charge is -2.02. The number of rotatable bonds is 1. The van der Waals surface area contributed by atoms with E-state index in [0.717, 1.165) is 0 Å². The Hall–Kier alpha value is -0.390. The first-order chi connectivity index (χ1) is 5.11. The van der Waals surface area contributed by atoms with Crippen LogP contribution in [0.2, 0.25) is 0 Å². The Labute approximate surface area is 76.2 Å². The number of halogens is 3. The van der Waals surface area contributed by atoms with E-state index in [1.807, 2.05) is 0 Å².